The van der Waals surface area contributed by atoms with Crippen molar-refractivity contribution in [2.24, 2.45) is 5.92 Å². The lowest BCUT2D eigenvalue weighted by Gasteiger charge is -2.36. The van der Waals surface area contributed by atoms with E-state index in [9.17, 15) is 14.7 Å². The Hall–Kier alpha value is -2.97. The van der Waals surface area contributed by atoms with Crippen molar-refractivity contribution in [2.45, 2.75) is 31.9 Å². The zero-order chi connectivity index (χ0) is 23.4. The first kappa shape index (κ1) is 23.7. The second-order valence-corrected chi connectivity index (χ2v) is 9.26. The van der Waals surface area contributed by atoms with Crippen molar-refractivity contribution in [3.63, 3.8) is 0 Å². The number of aliphatic hydroxyl groups excluding tert-OH is 1. The number of rotatable bonds is 4. The Morgan fingerprint density at radius 2 is 1.72 bits per heavy atom. The van der Waals surface area contributed by atoms with E-state index in [1.54, 1.807) is 49.9 Å². The highest BCUT2D eigenvalue weighted by Gasteiger charge is 2.50. The maximum Gasteiger partial charge on any atom is 0.410 e. The van der Waals surface area contributed by atoms with Gasteiger partial charge in [-0.15, -0.1) is 0 Å². The van der Waals surface area contributed by atoms with Crippen LogP contribution < -0.4 is 10.6 Å². The van der Waals surface area contributed by atoms with Crippen LogP contribution in [0.25, 0.3) is 0 Å². The lowest BCUT2D eigenvalue weighted by atomic mass is 9.81. The van der Waals surface area contributed by atoms with Crippen molar-refractivity contribution < 1.29 is 19.4 Å². The summed E-state index contributed by atoms with van der Waals surface area (Å²) in [6, 6.07) is 18.2. The van der Waals surface area contributed by atoms with Crippen LogP contribution in [0, 0.1) is 5.92 Å². The summed E-state index contributed by atoms with van der Waals surface area (Å²) in [5.74, 6) is -0.710. The fraction of sp³-hybridized carbons (Fsp3) is 0.375. The van der Waals surface area contributed by atoms with Gasteiger partial charge in [0.2, 0.25) is 0 Å². The third kappa shape index (κ3) is 5.44. The van der Waals surface area contributed by atoms with E-state index in [0.717, 1.165) is 5.56 Å². The number of likely N-dealkylation sites (tertiary alicyclic amines) is 1. The van der Waals surface area contributed by atoms with Crippen LogP contribution in [-0.2, 0) is 10.3 Å². The van der Waals surface area contributed by atoms with Gasteiger partial charge in [0.05, 0.1) is 18.7 Å². The average molecular weight is 456 g/mol. The maximum atomic E-state index is 12.8. The smallest absolute Gasteiger partial charge is 0.410 e. The Labute approximate surface area is 193 Å². The van der Waals surface area contributed by atoms with Gasteiger partial charge in [-0.3, -0.25) is 10.1 Å². The van der Waals surface area contributed by atoms with Crippen molar-refractivity contribution in [3.8, 4) is 0 Å². The molecule has 1 aliphatic heterocycles. The van der Waals surface area contributed by atoms with Gasteiger partial charge in [-0.25, -0.2) is 4.79 Å². The zero-order valence-corrected chi connectivity index (χ0v) is 19.3. The zero-order valence-electron chi connectivity index (χ0n) is 18.5. The van der Waals surface area contributed by atoms with Crippen molar-refractivity contribution in [1.82, 2.24) is 15.5 Å². The molecule has 7 nitrogen and oxygen atoms in total. The van der Waals surface area contributed by atoms with Crippen molar-refractivity contribution in [2.75, 3.05) is 19.7 Å². The molecule has 0 bridgehead atoms. The van der Waals surface area contributed by atoms with E-state index in [1.807, 2.05) is 36.4 Å². The van der Waals surface area contributed by atoms with E-state index in [1.165, 1.54) is 0 Å². The third-order valence-corrected chi connectivity index (χ3v) is 5.54. The molecular formula is C24H29N3O4S. The van der Waals surface area contributed by atoms with E-state index in [0.29, 0.717) is 5.56 Å². The molecule has 0 unspecified atom stereocenters. The lowest BCUT2D eigenvalue weighted by Crippen LogP contribution is -2.56. The Balaban J connectivity index is 1.87. The van der Waals surface area contributed by atoms with Gasteiger partial charge in [0, 0.05) is 18.0 Å². The molecule has 170 valence electrons. The van der Waals surface area contributed by atoms with Gasteiger partial charge in [-0.1, -0.05) is 48.5 Å². The van der Waals surface area contributed by atoms with Crippen molar-refractivity contribution >= 4 is 29.3 Å². The van der Waals surface area contributed by atoms with Crippen LogP contribution in [0.15, 0.2) is 60.7 Å². The molecule has 1 fully saturated rings. The maximum absolute atomic E-state index is 12.8. The van der Waals surface area contributed by atoms with Crippen LogP contribution in [0.3, 0.4) is 0 Å². The second-order valence-electron chi connectivity index (χ2n) is 8.85. The first-order valence-electron chi connectivity index (χ1n) is 10.5. The molecule has 2 atom stereocenters. The molecule has 0 aliphatic carbocycles. The number of nitrogens with zero attached hydrogens (tertiary/aromatic N) is 1. The lowest BCUT2D eigenvalue weighted by molar-refractivity contribution is 0.0277. The van der Waals surface area contributed by atoms with Gasteiger partial charge in [0.25, 0.3) is 5.91 Å². The number of ether oxygens (including phenoxy) is 1. The summed E-state index contributed by atoms with van der Waals surface area (Å²) in [6.07, 6.45) is -0.463. The second kappa shape index (κ2) is 9.67. The van der Waals surface area contributed by atoms with Gasteiger partial charge in [-0.2, -0.15) is 0 Å². The third-order valence-electron chi connectivity index (χ3n) is 5.34. The predicted octanol–water partition coefficient (Wildman–Crippen LogP) is 3.05. The van der Waals surface area contributed by atoms with Crippen LogP contribution in [-0.4, -0.2) is 52.4 Å². The van der Waals surface area contributed by atoms with Crippen LogP contribution in [0.2, 0.25) is 0 Å². The molecule has 1 saturated heterocycles. The molecule has 8 heteroatoms. The molecule has 3 rings (SSSR count). The number of carbonyl (C=O) groups is 2. The molecule has 32 heavy (non-hydrogen) atoms. The van der Waals surface area contributed by atoms with E-state index in [-0.39, 0.29) is 36.6 Å². The number of amides is 2. The van der Waals surface area contributed by atoms with Gasteiger partial charge < -0.3 is 20.1 Å². The summed E-state index contributed by atoms with van der Waals surface area (Å²) in [5.41, 5.74) is -0.211. The highest BCUT2D eigenvalue weighted by molar-refractivity contribution is 7.80. The standard InChI is InChI=1S/C24H29N3O4S/c1-23(2,3)31-22(30)27-14-19(15-28)24(16-27,18-12-8-5-9-13-18)26-21(32)25-20(29)17-10-6-4-7-11-17/h4-13,19,28H,14-16H2,1-3H3,(H2,25,26,29,32)/t19-,24+/m0/s1. The van der Waals surface area contributed by atoms with Crippen molar-refractivity contribution in [1.29, 1.82) is 0 Å². The molecule has 1 heterocycles. The Kier molecular flexibility index (Phi) is 7.16. The number of hydrogen-bond acceptors (Lipinski definition) is 5. The summed E-state index contributed by atoms with van der Waals surface area (Å²) in [7, 11) is 0. The Morgan fingerprint density at radius 1 is 1.12 bits per heavy atom. The SMILES string of the molecule is CC(C)(C)OC(=O)N1C[C@@H](CO)[C@](NC(=S)NC(=O)c2ccccc2)(c2ccccc2)C1. The van der Waals surface area contributed by atoms with Gasteiger partial charge in [0.15, 0.2) is 5.11 Å². The van der Waals surface area contributed by atoms with E-state index >= 15 is 0 Å². The molecule has 2 aromatic carbocycles. The summed E-state index contributed by atoms with van der Waals surface area (Å²) < 4.78 is 5.55. The van der Waals surface area contributed by atoms with E-state index < -0.39 is 17.2 Å². The largest absolute Gasteiger partial charge is 0.444 e. The first-order chi connectivity index (χ1) is 15.1. The van der Waals surface area contributed by atoms with Crippen LogP contribution in [0.5, 0.6) is 0 Å². The Morgan fingerprint density at radius 3 is 2.28 bits per heavy atom. The molecule has 1 aliphatic rings. The topological polar surface area (TPSA) is 90.9 Å². The summed E-state index contributed by atoms with van der Waals surface area (Å²) in [4.78, 5) is 26.9. The average Bonchev–Trinajstić information content (AvgIpc) is 3.13. The van der Waals surface area contributed by atoms with E-state index in [4.69, 9.17) is 17.0 Å². The summed E-state index contributed by atoms with van der Waals surface area (Å²) >= 11 is 5.47. The normalized spacial score (nSPS) is 20.5. The first-order valence-corrected chi connectivity index (χ1v) is 10.9. The molecule has 0 spiro atoms. The Bertz CT molecular complexity index is 962. The number of benzene rings is 2. The highest BCUT2D eigenvalue weighted by Crippen LogP contribution is 2.37. The number of hydrogen-bond donors (Lipinski definition) is 3. The van der Waals surface area contributed by atoms with E-state index in [2.05, 4.69) is 10.6 Å². The van der Waals surface area contributed by atoms with Crippen molar-refractivity contribution in [3.05, 3.63) is 71.8 Å². The van der Waals surface area contributed by atoms with Gasteiger partial charge in [0.1, 0.15) is 5.60 Å². The minimum atomic E-state index is -0.895. The molecule has 2 amide bonds. The number of carbonyl (C=O) groups excluding carboxylic acids is 2. The molecule has 0 aromatic heterocycles. The quantitative estimate of drug-likeness (QED) is 0.614. The number of aliphatic hydroxyl groups is 1. The number of thiocarbonyl (C=S) groups is 1. The van der Waals surface area contributed by atoms with Crippen LogP contribution in [0.1, 0.15) is 36.7 Å². The van der Waals surface area contributed by atoms with Gasteiger partial charge in [-0.05, 0) is 50.7 Å². The molecule has 0 saturated carbocycles. The van der Waals surface area contributed by atoms with Gasteiger partial charge >= 0.3 is 6.09 Å². The molecular weight excluding hydrogens is 426 g/mol. The summed E-state index contributed by atoms with van der Waals surface area (Å²) in [6.45, 7) is 5.74. The van der Waals surface area contributed by atoms with Crippen LogP contribution in [0.4, 0.5) is 4.79 Å². The minimum absolute atomic E-state index is 0.118. The van der Waals surface area contributed by atoms with Crippen LogP contribution >= 0.6 is 12.2 Å². The minimum Gasteiger partial charge on any atom is -0.444 e. The number of nitrogens with one attached hydrogen (secondary N) is 2. The fourth-order valence-corrected chi connectivity index (χ4v) is 4.15. The monoisotopic (exact) mass is 455 g/mol. The highest BCUT2D eigenvalue weighted by atomic mass is 32.1. The summed E-state index contributed by atoms with van der Waals surface area (Å²) in [5, 5.41) is 16.3. The fourth-order valence-electron chi connectivity index (χ4n) is 3.87. The predicted molar refractivity (Wildman–Crippen MR) is 126 cm³/mol. The molecule has 3 N–H and O–H groups in total. The molecule has 2 aromatic rings. The molecule has 0 radical (unpaired) electrons.